The van der Waals surface area contributed by atoms with Gasteiger partial charge in [0.2, 0.25) is 0 Å². The average molecular weight is 487 g/mol. The van der Waals surface area contributed by atoms with Crippen LogP contribution in [0.4, 0.5) is 0 Å². The molecule has 0 bridgehead atoms. The number of rotatable bonds is 9. The molecule has 2 heterocycles. The highest BCUT2D eigenvalue weighted by atomic mass is 35.5. The molecular weight excluding hydrogens is 460 g/mol. The number of nitrogens with zero attached hydrogens (tertiary/aromatic N) is 2. The fourth-order valence-electron chi connectivity index (χ4n) is 3.17. The van der Waals surface area contributed by atoms with Crippen LogP contribution in [0.25, 0.3) is 0 Å². The number of thiophene rings is 1. The first-order chi connectivity index (χ1) is 14.9. The van der Waals surface area contributed by atoms with Gasteiger partial charge in [0, 0.05) is 31.7 Å². The minimum Gasteiger partial charge on any atom is -0.490 e. The first kappa shape index (κ1) is 23.8. The number of carbonyl (C=O) groups is 1. The van der Waals surface area contributed by atoms with Crippen LogP contribution in [-0.2, 0) is 10.0 Å². The first-order valence-corrected chi connectivity index (χ1v) is 12.9. The summed E-state index contributed by atoms with van der Waals surface area (Å²) < 4.78 is 39.1. The van der Waals surface area contributed by atoms with Gasteiger partial charge < -0.3 is 14.4 Å². The van der Waals surface area contributed by atoms with E-state index in [0.29, 0.717) is 47.7 Å². The zero-order chi connectivity index (χ0) is 22.4. The van der Waals surface area contributed by atoms with Crippen molar-refractivity contribution in [3.8, 4) is 11.5 Å². The number of ether oxygens (including phenoxy) is 2. The van der Waals surface area contributed by atoms with Crippen LogP contribution in [-0.4, -0.2) is 62.9 Å². The molecule has 0 aliphatic carbocycles. The van der Waals surface area contributed by atoms with Crippen LogP contribution < -0.4 is 9.47 Å². The summed E-state index contributed by atoms with van der Waals surface area (Å²) in [5, 5.41) is 0. The van der Waals surface area contributed by atoms with Crippen molar-refractivity contribution >= 4 is 38.9 Å². The van der Waals surface area contributed by atoms with E-state index in [0.717, 1.165) is 24.2 Å². The summed E-state index contributed by atoms with van der Waals surface area (Å²) in [5.74, 6) is 1.02. The number of halogens is 1. The number of hydrogen-bond acceptors (Lipinski definition) is 6. The van der Waals surface area contributed by atoms with Crippen LogP contribution in [0.2, 0.25) is 4.34 Å². The third-order valence-electron chi connectivity index (χ3n) is 4.78. The highest BCUT2D eigenvalue weighted by Gasteiger charge is 2.31. The van der Waals surface area contributed by atoms with Gasteiger partial charge in [-0.3, -0.25) is 4.79 Å². The second-order valence-corrected chi connectivity index (χ2v) is 11.0. The highest BCUT2D eigenvalue weighted by molar-refractivity contribution is 7.91. The molecule has 1 aliphatic heterocycles. The molecule has 0 unspecified atom stereocenters. The van der Waals surface area contributed by atoms with Gasteiger partial charge in [0.25, 0.3) is 15.9 Å². The smallest absolute Gasteiger partial charge is 0.254 e. The maximum atomic E-state index is 13.0. The SMILES string of the molecule is CCCOc1ccc(C(=O)N2CCN(S(=O)(=O)c3ccc(Cl)s3)CC2)cc1OCCC. The standard InChI is InChI=1S/C21H27ClN2O5S2/c1-3-13-28-17-6-5-16(15-18(17)29-14-4-2)21(25)23-9-11-24(12-10-23)31(26,27)20-8-7-19(22)30-20/h5-8,15H,3-4,9-14H2,1-2H3. The Hall–Kier alpha value is -1.81. The Morgan fingerprint density at radius 1 is 1.00 bits per heavy atom. The lowest BCUT2D eigenvalue weighted by Gasteiger charge is -2.33. The van der Waals surface area contributed by atoms with Gasteiger partial charge in [-0.1, -0.05) is 25.4 Å². The highest BCUT2D eigenvalue weighted by Crippen LogP contribution is 2.31. The second kappa shape index (κ2) is 10.7. The number of amides is 1. The van der Waals surface area contributed by atoms with Gasteiger partial charge in [-0.05, 0) is 43.2 Å². The topological polar surface area (TPSA) is 76.2 Å². The lowest BCUT2D eigenvalue weighted by Crippen LogP contribution is -2.50. The molecule has 170 valence electrons. The molecule has 2 aromatic rings. The Kier molecular flexibility index (Phi) is 8.21. The number of benzene rings is 1. The van der Waals surface area contributed by atoms with E-state index in [2.05, 4.69) is 0 Å². The van der Waals surface area contributed by atoms with E-state index >= 15 is 0 Å². The maximum Gasteiger partial charge on any atom is 0.254 e. The van der Waals surface area contributed by atoms with Crippen LogP contribution >= 0.6 is 22.9 Å². The number of carbonyl (C=O) groups excluding carboxylic acids is 1. The van der Waals surface area contributed by atoms with Crippen molar-refractivity contribution < 1.29 is 22.7 Å². The van der Waals surface area contributed by atoms with Crippen molar-refractivity contribution in [3.63, 3.8) is 0 Å². The van der Waals surface area contributed by atoms with Crippen molar-refractivity contribution in [2.24, 2.45) is 0 Å². The van der Waals surface area contributed by atoms with Gasteiger partial charge in [-0.2, -0.15) is 4.31 Å². The summed E-state index contributed by atoms with van der Waals surface area (Å²) in [5.41, 5.74) is 0.497. The Morgan fingerprint density at radius 2 is 1.65 bits per heavy atom. The molecule has 1 aliphatic rings. The molecule has 1 amide bonds. The fraction of sp³-hybridized carbons (Fsp3) is 0.476. The van der Waals surface area contributed by atoms with Crippen molar-refractivity contribution in [1.82, 2.24) is 9.21 Å². The molecular formula is C21H27ClN2O5S2. The Morgan fingerprint density at radius 3 is 2.23 bits per heavy atom. The van der Waals surface area contributed by atoms with Gasteiger partial charge in [0.1, 0.15) is 4.21 Å². The molecule has 0 radical (unpaired) electrons. The maximum absolute atomic E-state index is 13.0. The predicted molar refractivity (Wildman–Crippen MR) is 122 cm³/mol. The largest absolute Gasteiger partial charge is 0.490 e. The van der Waals surface area contributed by atoms with E-state index in [4.69, 9.17) is 21.1 Å². The summed E-state index contributed by atoms with van der Waals surface area (Å²) in [6, 6.07) is 8.28. The molecule has 10 heteroatoms. The minimum atomic E-state index is -3.59. The first-order valence-electron chi connectivity index (χ1n) is 10.3. The third kappa shape index (κ3) is 5.71. The summed E-state index contributed by atoms with van der Waals surface area (Å²) in [6.07, 6.45) is 1.72. The molecule has 0 N–H and O–H groups in total. The molecule has 1 aromatic carbocycles. The molecule has 31 heavy (non-hydrogen) atoms. The Balaban J connectivity index is 1.68. The quantitative estimate of drug-likeness (QED) is 0.532. The lowest BCUT2D eigenvalue weighted by atomic mass is 10.1. The van der Waals surface area contributed by atoms with Crippen molar-refractivity contribution in [2.45, 2.75) is 30.9 Å². The van der Waals surface area contributed by atoms with Gasteiger partial charge in [0.15, 0.2) is 11.5 Å². The van der Waals surface area contributed by atoms with Crippen LogP contribution in [0.3, 0.4) is 0 Å². The zero-order valence-electron chi connectivity index (χ0n) is 17.7. The average Bonchev–Trinajstić information content (AvgIpc) is 3.23. The van der Waals surface area contributed by atoms with E-state index in [1.807, 2.05) is 13.8 Å². The number of hydrogen-bond donors (Lipinski definition) is 0. The molecule has 1 fully saturated rings. The third-order valence-corrected chi connectivity index (χ3v) is 8.38. The normalized spacial score (nSPS) is 15.1. The van der Waals surface area contributed by atoms with E-state index < -0.39 is 10.0 Å². The Bertz CT molecular complexity index is 1000. The molecule has 7 nitrogen and oxygen atoms in total. The molecule has 1 aromatic heterocycles. The van der Waals surface area contributed by atoms with Crippen molar-refractivity contribution in [3.05, 3.63) is 40.2 Å². The monoisotopic (exact) mass is 486 g/mol. The number of piperazine rings is 1. The van der Waals surface area contributed by atoms with E-state index in [-0.39, 0.29) is 23.2 Å². The molecule has 3 rings (SSSR count). The van der Waals surface area contributed by atoms with Gasteiger partial charge >= 0.3 is 0 Å². The predicted octanol–water partition coefficient (Wildman–Crippen LogP) is 4.13. The van der Waals surface area contributed by atoms with Gasteiger partial charge in [0.05, 0.1) is 17.6 Å². The van der Waals surface area contributed by atoms with Crippen molar-refractivity contribution in [1.29, 1.82) is 0 Å². The summed E-state index contributed by atoms with van der Waals surface area (Å²) in [7, 11) is -3.59. The summed E-state index contributed by atoms with van der Waals surface area (Å²) in [6.45, 7) is 6.25. The van der Waals surface area contributed by atoms with Crippen LogP contribution in [0.5, 0.6) is 11.5 Å². The molecule has 1 saturated heterocycles. The van der Waals surface area contributed by atoms with Crippen LogP contribution in [0.1, 0.15) is 37.0 Å². The van der Waals surface area contributed by atoms with E-state index in [1.165, 1.54) is 10.4 Å². The van der Waals surface area contributed by atoms with Crippen LogP contribution in [0, 0.1) is 0 Å². The van der Waals surface area contributed by atoms with E-state index in [9.17, 15) is 13.2 Å². The van der Waals surface area contributed by atoms with Gasteiger partial charge in [-0.25, -0.2) is 8.42 Å². The summed E-state index contributed by atoms with van der Waals surface area (Å²) in [4.78, 5) is 14.7. The van der Waals surface area contributed by atoms with E-state index in [1.54, 1.807) is 29.2 Å². The molecule has 0 spiro atoms. The fourth-order valence-corrected chi connectivity index (χ4v) is 6.23. The van der Waals surface area contributed by atoms with Crippen LogP contribution in [0.15, 0.2) is 34.5 Å². The Labute approximate surface area is 192 Å². The van der Waals surface area contributed by atoms with Crippen molar-refractivity contribution in [2.75, 3.05) is 39.4 Å². The molecule has 0 atom stereocenters. The lowest BCUT2D eigenvalue weighted by molar-refractivity contribution is 0.0697. The second-order valence-electron chi connectivity index (χ2n) is 7.11. The van der Waals surface area contributed by atoms with Gasteiger partial charge in [-0.15, -0.1) is 11.3 Å². The minimum absolute atomic E-state index is 0.153. The zero-order valence-corrected chi connectivity index (χ0v) is 20.1. The molecule has 0 saturated carbocycles. The number of sulfonamides is 1. The summed E-state index contributed by atoms with van der Waals surface area (Å²) >= 11 is 6.92.